The number of esters is 1. The van der Waals surface area contributed by atoms with E-state index in [4.69, 9.17) is 9.47 Å². The number of hydrogen-bond acceptors (Lipinski definition) is 4. The van der Waals surface area contributed by atoms with Crippen molar-refractivity contribution in [3.05, 3.63) is 0 Å². The summed E-state index contributed by atoms with van der Waals surface area (Å²) < 4.78 is 10.5. The van der Waals surface area contributed by atoms with E-state index in [2.05, 4.69) is 19.2 Å². The number of ether oxygens (including phenoxy) is 2. The molecule has 0 bridgehead atoms. The van der Waals surface area contributed by atoms with E-state index in [0.29, 0.717) is 25.7 Å². The number of carbonyl (C=O) groups is 2. The van der Waals surface area contributed by atoms with E-state index in [1.807, 2.05) is 0 Å². The third kappa shape index (κ3) is 13.3. The molecule has 0 rings (SSSR count). The largest absolute Gasteiger partial charge is 0.460 e. The first-order valence-electron chi connectivity index (χ1n) is 7.27. The fraction of sp³-hybridized carbons (Fsp3) is 0.867. The molecule has 0 aliphatic carbocycles. The summed E-state index contributed by atoms with van der Waals surface area (Å²) in [7, 11) is 0. The summed E-state index contributed by atoms with van der Waals surface area (Å²) in [5.74, 6) is 0.127. The van der Waals surface area contributed by atoms with E-state index >= 15 is 0 Å². The number of hydrogen-bond donors (Lipinski definition) is 1. The van der Waals surface area contributed by atoms with Gasteiger partial charge < -0.3 is 14.8 Å². The molecule has 0 fully saturated rings. The van der Waals surface area contributed by atoms with Crippen LogP contribution >= 0.6 is 0 Å². The molecule has 0 aromatic carbocycles. The molecule has 5 heteroatoms. The highest BCUT2D eigenvalue weighted by Gasteiger charge is 2.16. The lowest BCUT2D eigenvalue weighted by atomic mass is 10.1. The molecule has 0 heterocycles. The molecule has 0 aliphatic rings. The topological polar surface area (TPSA) is 64.6 Å². The zero-order valence-corrected chi connectivity index (χ0v) is 13.5. The maximum absolute atomic E-state index is 11.5. The van der Waals surface area contributed by atoms with E-state index < -0.39 is 5.60 Å². The van der Waals surface area contributed by atoms with Crippen molar-refractivity contribution < 1.29 is 19.1 Å². The van der Waals surface area contributed by atoms with Crippen LogP contribution in [0.4, 0.5) is 0 Å². The van der Waals surface area contributed by atoms with Crippen LogP contribution in [0.15, 0.2) is 0 Å². The Bertz CT molecular complexity index is 295. The lowest BCUT2D eigenvalue weighted by Crippen LogP contribution is -2.29. The molecule has 5 nitrogen and oxygen atoms in total. The molecule has 20 heavy (non-hydrogen) atoms. The van der Waals surface area contributed by atoms with Gasteiger partial charge in [-0.15, -0.1) is 0 Å². The average Bonchev–Trinajstić information content (AvgIpc) is 2.28. The van der Waals surface area contributed by atoms with Gasteiger partial charge in [-0.3, -0.25) is 9.59 Å². The second kappa shape index (κ2) is 9.75. The zero-order valence-electron chi connectivity index (χ0n) is 13.5. The van der Waals surface area contributed by atoms with Crippen LogP contribution in [0, 0.1) is 5.92 Å². The normalized spacial score (nSPS) is 11.5. The predicted molar refractivity (Wildman–Crippen MR) is 78.4 cm³/mol. The molecule has 0 spiro atoms. The van der Waals surface area contributed by atoms with Gasteiger partial charge >= 0.3 is 5.97 Å². The van der Waals surface area contributed by atoms with Crippen molar-refractivity contribution in [1.29, 1.82) is 0 Å². The van der Waals surface area contributed by atoms with Gasteiger partial charge in [0.25, 0.3) is 0 Å². The Kier molecular flexibility index (Phi) is 9.21. The fourth-order valence-electron chi connectivity index (χ4n) is 1.38. The molecule has 0 saturated carbocycles. The Morgan fingerprint density at radius 3 is 2.30 bits per heavy atom. The van der Waals surface area contributed by atoms with Crippen molar-refractivity contribution in [2.45, 2.75) is 59.5 Å². The van der Waals surface area contributed by atoms with Crippen LogP contribution in [0.25, 0.3) is 0 Å². The van der Waals surface area contributed by atoms with Crippen molar-refractivity contribution in [3.8, 4) is 0 Å². The van der Waals surface area contributed by atoms with Crippen LogP contribution in [0.1, 0.15) is 53.9 Å². The highest BCUT2D eigenvalue weighted by Crippen LogP contribution is 2.08. The van der Waals surface area contributed by atoms with Gasteiger partial charge in [-0.25, -0.2) is 0 Å². The number of rotatable bonds is 9. The van der Waals surface area contributed by atoms with Crippen LogP contribution in [0.5, 0.6) is 0 Å². The third-order valence-corrected chi connectivity index (χ3v) is 2.38. The number of amides is 1. The van der Waals surface area contributed by atoms with Crippen molar-refractivity contribution >= 4 is 11.9 Å². The summed E-state index contributed by atoms with van der Waals surface area (Å²) in [6.07, 6.45) is 1.28. The molecule has 118 valence electrons. The lowest BCUT2D eigenvalue weighted by molar-refractivity contribution is -0.155. The molecule has 0 atom stereocenters. The SMILES string of the molecule is CC(C)CCOCCNC(=O)CCC(=O)OC(C)(C)C. The first-order valence-corrected chi connectivity index (χ1v) is 7.27. The van der Waals surface area contributed by atoms with Gasteiger partial charge in [-0.1, -0.05) is 13.8 Å². The summed E-state index contributed by atoms with van der Waals surface area (Å²) >= 11 is 0. The van der Waals surface area contributed by atoms with Gasteiger partial charge in [0, 0.05) is 19.6 Å². The van der Waals surface area contributed by atoms with Crippen molar-refractivity contribution in [2.75, 3.05) is 19.8 Å². The summed E-state index contributed by atoms with van der Waals surface area (Å²) in [6, 6.07) is 0. The maximum Gasteiger partial charge on any atom is 0.306 e. The van der Waals surface area contributed by atoms with Gasteiger partial charge in [-0.05, 0) is 33.1 Å². The molecule has 1 amide bonds. The first kappa shape index (κ1) is 18.9. The van der Waals surface area contributed by atoms with E-state index in [-0.39, 0.29) is 24.7 Å². The minimum Gasteiger partial charge on any atom is -0.460 e. The highest BCUT2D eigenvalue weighted by molar-refractivity contribution is 5.81. The van der Waals surface area contributed by atoms with Crippen LogP contribution < -0.4 is 5.32 Å². The van der Waals surface area contributed by atoms with Crippen LogP contribution in [-0.2, 0) is 19.1 Å². The molecule has 0 aliphatic heterocycles. The molecular formula is C15H29NO4. The maximum atomic E-state index is 11.5. The quantitative estimate of drug-likeness (QED) is 0.522. The van der Waals surface area contributed by atoms with Crippen LogP contribution in [0.2, 0.25) is 0 Å². The number of nitrogens with one attached hydrogen (secondary N) is 1. The van der Waals surface area contributed by atoms with Gasteiger partial charge in [0.1, 0.15) is 5.60 Å². The van der Waals surface area contributed by atoms with E-state index in [9.17, 15) is 9.59 Å². The summed E-state index contributed by atoms with van der Waals surface area (Å²) in [4.78, 5) is 22.9. The summed E-state index contributed by atoms with van der Waals surface area (Å²) in [5.41, 5.74) is -0.502. The first-order chi connectivity index (χ1) is 9.20. The lowest BCUT2D eigenvalue weighted by Gasteiger charge is -2.19. The van der Waals surface area contributed by atoms with E-state index in [1.165, 1.54) is 0 Å². The molecule has 0 aromatic rings. The Morgan fingerprint density at radius 2 is 1.75 bits per heavy atom. The Hall–Kier alpha value is -1.10. The monoisotopic (exact) mass is 287 g/mol. The van der Waals surface area contributed by atoms with Crippen molar-refractivity contribution in [2.24, 2.45) is 5.92 Å². The van der Waals surface area contributed by atoms with Gasteiger partial charge in [0.2, 0.25) is 5.91 Å². The van der Waals surface area contributed by atoms with Crippen molar-refractivity contribution in [1.82, 2.24) is 5.32 Å². The minimum absolute atomic E-state index is 0.108. The number of carbonyl (C=O) groups excluding carboxylic acids is 2. The van der Waals surface area contributed by atoms with E-state index in [1.54, 1.807) is 20.8 Å². The zero-order chi connectivity index (χ0) is 15.6. The smallest absolute Gasteiger partial charge is 0.306 e. The highest BCUT2D eigenvalue weighted by atomic mass is 16.6. The van der Waals surface area contributed by atoms with Crippen molar-refractivity contribution in [3.63, 3.8) is 0 Å². The predicted octanol–water partition coefficient (Wildman–Crippen LogP) is 2.29. The summed E-state index contributed by atoms with van der Waals surface area (Å²) in [6.45, 7) is 11.4. The van der Waals surface area contributed by atoms with Gasteiger partial charge in [-0.2, -0.15) is 0 Å². The standard InChI is InChI=1S/C15H29NO4/c1-12(2)8-10-19-11-9-16-13(17)6-7-14(18)20-15(3,4)5/h12H,6-11H2,1-5H3,(H,16,17). The Morgan fingerprint density at radius 1 is 1.10 bits per heavy atom. The second-order valence-electron chi connectivity index (χ2n) is 6.23. The second-order valence-corrected chi connectivity index (χ2v) is 6.23. The molecule has 1 N–H and O–H groups in total. The minimum atomic E-state index is -0.502. The van der Waals surface area contributed by atoms with Crippen LogP contribution in [0.3, 0.4) is 0 Å². The van der Waals surface area contributed by atoms with Gasteiger partial charge in [0.15, 0.2) is 0 Å². The molecule has 0 aromatic heterocycles. The third-order valence-electron chi connectivity index (χ3n) is 2.38. The molecule has 0 radical (unpaired) electrons. The van der Waals surface area contributed by atoms with Gasteiger partial charge in [0.05, 0.1) is 13.0 Å². The molecule has 0 saturated heterocycles. The Labute approximate surface area is 122 Å². The van der Waals surface area contributed by atoms with Crippen LogP contribution in [-0.4, -0.2) is 37.2 Å². The Balaban J connectivity index is 3.53. The average molecular weight is 287 g/mol. The van der Waals surface area contributed by atoms with E-state index in [0.717, 1.165) is 6.42 Å². The summed E-state index contributed by atoms with van der Waals surface area (Å²) in [5, 5.41) is 2.72. The molecular weight excluding hydrogens is 258 g/mol. The molecule has 0 unspecified atom stereocenters. The fourth-order valence-corrected chi connectivity index (χ4v) is 1.38.